The summed E-state index contributed by atoms with van der Waals surface area (Å²) < 4.78 is 52.8. The van der Waals surface area contributed by atoms with Crippen LogP contribution in [0.3, 0.4) is 0 Å². The molecule has 4 nitrogen and oxygen atoms in total. The number of halogens is 4. The number of ether oxygens (including phenoxy) is 1. The Morgan fingerprint density at radius 3 is 2.62 bits per heavy atom. The van der Waals surface area contributed by atoms with Crippen molar-refractivity contribution in [2.45, 2.75) is 19.0 Å². The van der Waals surface area contributed by atoms with Gasteiger partial charge in [0, 0.05) is 0 Å². The van der Waals surface area contributed by atoms with Crippen molar-refractivity contribution in [1.29, 1.82) is 0 Å². The number of hydrogen-bond donors (Lipinski definition) is 1. The Morgan fingerprint density at radius 1 is 1.38 bits per heavy atom. The number of hydrogen-bond acceptors (Lipinski definition) is 4. The van der Waals surface area contributed by atoms with Crippen molar-refractivity contribution in [3.8, 4) is 5.88 Å². The average molecular weight is 240 g/mol. The molecule has 0 bridgehead atoms. The molecular formula is C8H8F4N2O2. The van der Waals surface area contributed by atoms with Gasteiger partial charge in [0.2, 0.25) is 5.88 Å². The maximum absolute atomic E-state index is 12.4. The molecule has 0 aliphatic rings. The molecule has 0 aliphatic carbocycles. The Bertz CT molecular complexity index is 349. The lowest BCUT2D eigenvalue weighted by Crippen LogP contribution is -2.34. The van der Waals surface area contributed by atoms with Crippen molar-refractivity contribution >= 4 is 0 Å². The summed E-state index contributed by atoms with van der Waals surface area (Å²) in [5.41, 5.74) is 0.0952. The third-order valence-corrected chi connectivity index (χ3v) is 1.56. The van der Waals surface area contributed by atoms with Crippen LogP contribution in [0.2, 0.25) is 0 Å². The van der Waals surface area contributed by atoms with E-state index in [4.69, 9.17) is 5.11 Å². The van der Waals surface area contributed by atoms with Gasteiger partial charge in [-0.3, -0.25) is 4.98 Å². The zero-order chi connectivity index (χ0) is 12.2. The zero-order valence-corrected chi connectivity index (χ0v) is 7.91. The summed E-state index contributed by atoms with van der Waals surface area (Å²) in [7, 11) is 0. The number of alkyl halides is 4. The highest BCUT2D eigenvalue weighted by atomic mass is 19.3. The van der Waals surface area contributed by atoms with Crippen molar-refractivity contribution in [3.63, 3.8) is 0 Å². The van der Waals surface area contributed by atoms with E-state index in [-0.39, 0.29) is 11.6 Å². The van der Waals surface area contributed by atoms with Crippen LogP contribution in [0.15, 0.2) is 12.4 Å². The Kier molecular flexibility index (Phi) is 3.99. The molecule has 0 aliphatic heterocycles. The molecule has 1 heterocycles. The lowest BCUT2D eigenvalue weighted by Gasteiger charge is -2.15. The predicted octanol–water partition coefficient (Wildman–Crippen LogP) is 1.25. The first-order chi connectivity index (χ1) is 7.45. The lowest BCUT2D eigenvalue weighted by molar-refractivity contribution is -0.148. The number of aromatic nitrogens is 2. The van der Waals surface area contributed by atoms with E-state index in [9.17, 15) is 17.6 Å². The fourth-order valence-electron chi connectivity index (χ4n) is 0.765. The molecule has 0 radical (unpaired) electrons. The van der Waals surface area contributed by atoms with Gasteiger partial charge in [-0.1, -0.05) is 0 Å². The van der Waals surface area contributed by atoms with E-state index >= 15 is 0 Å². The summed E-state index contributed by atoms with van der Waals surface area (Å²) in [6, 6.07) is 0. The van der Waals surface area contributed by atoms with E-state index in [1.54, 1.807) is 0 Å². The van der Waals surface area contributed by atoms with Crippen LogP contribution in [0.4, 0.5) is 17.6 Å². The maximum Gasteiger partial charge on any atom is 0.340 e. The molecule has 16 heavy (non-hydrogen) atoms. The molecule has 0 saturated heterocycles. The Balaban J connectivity index is 2.60. The van der Waals surface area contributed by atoms with E-state index in [0.29, 0.717) is 0 Å². The largest absolute Gasteiger partial charge is 0.470 e. The second-order valence-corrected chi connectivity index (χ2v) is 2.86. The highest BCUT2D eigenvalue weighted by molar-refractivity contribution is 5.07. The molecule has 0 atom stereocenters. The Morgan fingerprint density at radius 2 is 2.06 bits per heavy atom. The summed E-state index contributed by atoms with van der Waals surface area (Å²) >= 11 is 0. The molecule has 1 aromatic rings. The van der Waals surface area contributed by atoms with E-state index in [1.807, 2.05) is 0 Å². The fraction of sp³-hybridized carbons (Fsp3) is 0.500. The third-order valence-electron chi connectivity index (χ3n) is 1.56. The van der Waals surface area contributed by atoms with Gasteiger partial charge in [0.15, 0.2) is 6.61 Å². The summed E-state index contributed by atoms with van der Waals surface area (Å²) in [6.07, 6.45) is -1.62. The molecule has 0 aromatic carbocycles. The Labute approximate surface area is 87.9 Å². The molecule has 1 aromatic heterocycles. The monoisotopic (exact) mass is 240 g/mol. The molecule has 1 N–H and O–H groups in total. The number of aliphatic hydroxyl groups excluding tert-OH is 1. The van der Waals surface area contributed by atoms with Crippen LogP contribution < -0.4 is 4.74 Å². The first kappa shape index (κ1) is 12.6. The highest BCUT2D eigenvalue weighted by Crippen LogP contribution is 2.23. The predicted molar refractivity (Wildman–Crippen MR) is 44.4 cm³/mol. The van der Waals surface area contributed by atoms with Crippen molar-refractivity contribution < 1.29 is 27.4 Å². The van der Waals surface area contributed by atoms with Crippen LogP contribution in [0.5, 0.6) is 5.88 Å². The summed E-state index contributed by atoms with van der Waals surface area (Å²) in [5.74, 6) is -4.58. The summed E-state index contributed by atoms with van der Waals surface area (Å²) in [5, 5.41) is 8.65. The topological polar surface area (TPSA) is 55.2 Å². The van der Waals surface area contributed by atoms with E-state index in [2.05, 4.69) is 14.7 Å². The van der Waals surface area contributed by atoms with E-state index in [0.717, 1.165) is 6.20 Å². The van der Waals surface area contributed by atoms with Gasteiger partial charge >= 0.3 is 12.3 Å². The molecular weight excluding hydrogens is 232 g/mol. The molecule has 0 unspecified atom stereocenters. The minimum atomic E-state index is -4.24. The number of rotatable bonds is 5. The minimum absolute atomic E-state index is 0.0952. The van der Waals surface area contributed by atoms with Crippen LogP contribution in [0, 0.1) is 0 Å². The van der Waals surface area contributed by atoms with Gasteiger partial charge in [0.1, 0.15) is 0 Å². The molecule has 90 valence electrons. The van der Waals surface area contributed by atoms with Crippen molar-refractivity contribution in [2.75, 3.05) is 6.61 Å². The van der Waals surface area contributed by atoms with Gasteiger partial charge in [-0.25, -0.2) is 13.8 Å². The normalized spacial score (nSPS) is 11.9. The number of nitrogens with zero attached hydrogens (tertiary/aromatic N) is 2. The van der Waals surface area contributed by atoms with Gasteiger partial charge in [-0.2, -0.15) is 8.78 Å². The molecule has 0 saturated carbocycles. The smallest absolute Gasteiger partial charge is 0.340 e. The van der Waals surface area contributed by atoms with Gasteiger partial charge < -0.3 is 9.84 Å². The standard InChI is InChI=1S/C8H8F4N2O2/c9-7(10)8(11,12)4-16-6-2-13-1-5(3-15)14-6/h1-2,7,15H,3-4H2. The van der Waals surface area contributed by atoms with Gasteiger partial charge in [0.25, 0.3) is 0 Å². The molecule has 8 heteroatoms. The van der Waals surface area contributed by atoms with Gasteiger partial charge in [-0.05, 0) is 0 Å². The molecule has 0 spiro atoms. The molecule has 0 fully saturated rings. The van der Waals surface area contributed by atoms with Crippen LogP contribution >= 0.6 is 0 Å². The lowest BCUT2D eigenvalue weighted by atomic mass is 10.4. The van der Waals surface area contributed by atoms with Gasteiger partial charge in [0.05, 0.1) is 24.7 Å². The van der Waals surface area contributed by atoms with Crippen LogP contribution in [0.1, 0.15) is 5.69 Å². The summed E-state index contributed by atoms with van der Waals surface area (Å²) in [6.45, 7) is -1.94. The second kappa shape index (κ2) is 5.06. The first-order valence-corrected chi connectivity index (χ1v) is 4.16. The highest BCUT2D eigenvalue weighted by Gasteiger charge is 2.41. The second-order valence-electron chi connectivity index (χ2n) is 2.86. The van der Waals surface area contributed by atoms with Gasteiger partial charge in [-0.15, -0.1) is 0 Å². The number of aliphatic hydroxyl groups is 1. The van der Waals surface area contributed by atoms with Crippen molar-refractivity contribution in [2.24, 2.45) is 0 Å². The van der Waals surface area contributed by atoms with Crippen LogP contribution in [-0.4, -0.2) is 34.0 Å². The third kappa shape index (κ3) is 3.30. The SMILES string of the molecule is OCc1cncc(OCC(F)(F)C(F)F)n1. The quantitative estimate of drug-likeness (QED) is 0.787. The fourth-order valence-corrected chi connectivity index (χ4v) is 0.765. The molecule has 1 rings (SSSR count). The van der Waals surface area contributed by atoms with E-state index in [1.165, 1.54) is 6.20 Å². The average Bonchev–Trinajstić information content (AvgIpc) is 2.26. The first-order valence-electron chi connectivity index (χ1n) is 4.16. The van der Waals surface area contributed by atoms with Crippen LogP contribution in [0.25, 0.3) is 0 Å². The summed E-state index contributed by atoms with van der Waals surface area (Å²) in [4.78, 5) is 7.06. The van der Waals surface area contributed by atoms with Crippen molar-refractivity contribution in [1.82, 2.24) is 9.97 Å². The minimum Gasteiger partial charge on any atom is -0.470 e. The zero-order valence-electron chi connectivity index (χ0n) is 7.91. The van der Waals surface area contributed by atoms with Crippen LogP contribution in [-0.2, 0) is 6.61 Å². The molecule has 0 amide bonds. The van der Waals surface area contributed by atoms with Crippen molar-refractivity contribution in [3.05, 3.63) is 18.1 Å². The Hall–Kier alpha value is -1.44. The van der Waals surface area contributed by atoms with E-state index < -0.39 is 25.6 Å². The maximum atomic E-state index is 12.4.